The number of rotatable bonds is 3. The van der Waals surface area contributed by atoms with Crippen LogP contribution in [0.5, 0.6) is 0 Å². The monoisotopic (exact) mass is 436 g/mol. The predicted molar refractivity (Wildman–Crippen MR) is 93.4 cm³/mol. The number of nitrogens with zero attached hydrogens (tertiary/aromatic N) is 2. The van der Waals surface area contributed by atoms with E-state index in [1.54, 1.807) is 0 Å². The van der Waals surface area contributed by atoms with Gasteiger partial charge in [-0.15, -0.1) is 0 Å². The van der Waals surface area contributed by atoms with Crippen LogP contribution in [0.4, 0.5) is 22.0 Å². The van der Waals surface area contributed by atoms with Crippen molar-refractivity contribution in [3.05, 3.63) is 52.2 Å². The maximum Gasteiger partial charge on any atom is 0.417 e. The molecule has 1 aromatic rings. The number of nitrogens with two attached hydrogens (primary N) is 1. The zero-order valence-corrected chi connectivity index (χ0v) is 15.3. The maximum absolute atomic E-state index is 15.1. The van der Waals surface area contributed by atoms with Gasteiger partial charge in [0.25, 0.3) is 5.91 Å². The lowest BCUT2D eigenvalue weighted by atomic mass is 9.88. The Bertz CT molecular complexity index is 931. The van der Waals surface area contributed by atoms with E-state index in [2.05, 4.69) is 15.3 Å². The molecule has 0 saturated carbocycles. The molecule has 2 atom stereocenters. The molecule has 3 N–H and O–H groups in total. The Morgan fingerprint density at radius 3 is 2.72 bits per heavy atom. The van der Waals surface area contributed by atoms with E-state index in [1.807, 2.05) is 0 Å². The smallest absolute Gasteiger partial charge is 0.385 e. The van der Waals surface area contributed by atoms with Crippen molar-refractivity contribution in [3.8, 4) is 0 Å². The molecule has 29 heavy (non-hydrogen) atoms. The van der Waals surface area contributed by atoms with E-state index < -0.39 is 52.5 Å². The van der Waals surface area contributed by atoms with Gasteiger partial charge in [-0.1, -0.05) is 11.6 Å². The molecule has 12 heteroatoms. The molecule has 1 amide bonds. The van der Waals surface area contributed by atoms with Crippen molar-refractivity contribution < 1.29 is 31.5 Å². The Balaban J connectivity index is 1.77. The summed E-state index contributed by atoms with van der Waals surface area (Å²) in [6.07, 6.45) is -2.36. The van der Waals surface area contributed by atoms with Crippen LogP contribution >= 0.6 is 11.6 Å². The van der Waals surface area contributed by atoms with Gasteiger partial charge in [-0.3, -0.25) is 4.79 Å². The summed E-state index contributed by atoms with van der Waals surface area (Å²) in [6, 6.07) is 0.564. The number of allylic oxidation sites excluding steroid dienone is 3. The van der Waals surface area contributed by atoms with Crippen molar-refractivity contribution >= 4 is 23.3 Å². The molecule has 0 spiro atoms. The molecule has 0 bridgehead atoms. The van der Waals surface area contributed by atoms with Gasteiger partial charge in [-0.2, -0.15) is 13.2 Å². The Hall–Kier alpha value is -2.53. The molecule has 156 valence electrons. The quantitative estimate of drug-likeness (QED) is 0.562. The molecule has 0 saturated heterocycles. The number of aromatic nitrogens is 1. The van der Waals surface area contributed by atoms with E-state index in [0.717, 1.165) is 6.08 Å². The summed E-state index contributed by atoms with van der Waals surface area (Å²) in [7, 11) is 0. The summed E-state index contributed by atoms with van der Waals surface area (Å²) in [5.41, 5.74) is 3.98. The lowest BCUT2D eigenvalue weighted by Gasteiger charge is -2.34. The van der Waals surface area contributed by atoms with Crippen molar-refractivity contribution in [2.45, 2.75) is 18.4 Å². The molecular formula is C17H14ClF5N4O2. The van der Waals surface area contributed by atoms with Crippen LogP contribution in [0.15, 0.2) is 40.9 Å². The summed E-state index contributed by atoms with van der Waals surface area (Å²) >= 11 is 5.74. The van der Waals surface area contributed by atoms with Gasteiger partial charge in [0.05, 0.1) is 16.5 Å². The van der Waals surface area contributed by atoms with Crippen molar-refractivity contribution in [2.75, 3.05) is 13.2 Å². The molecular weight excluding hydrogens is 423 g/mol. The Morgan fingerprint density at radius 1 is 1.38 bits per heavy atom. The van der Waals surface area contributed by atoms with E-state index in [4.69, 9.17) is 22.1 Å². The minimum atomic E-state index is -4.67. The number of hydrogen-bond donors (Lipinski definition) is 2. The van der Waals surface area contributed by atoms with Gasteiger partial charge in [0.1, 0.15) is 30.6 Å². The second-order valence-electron chi connectivity index (χ2n) is 6.42. The van der Waals surface area contributed by atoms with Gasteiger partial charge in [0, 0.05) is 18.3 Å². The summed E-state index contributed by atoms with van der Waals surface area (Å²) < 4.78 is 72.3. The molecule has 2 aliphatic rings. The van der Waals surface area contributed by atoms with Crippen molar-refractivity contribution in [2.24, 2.45) is 16.6 Å². The van der Waals surface area contributed by atoms with Gasteiger partial charge >= 0.3 is 6.18 Å². The van der Waals surface area contributed by atoms with Gasteiger partial charge < -0.3 is 15.8 Å². The van der Waals surface area contributed by atoms with Crippen LogP contribution in [-0.4, -0.2) is 35.7 Å². The summed E-state index contributed by atoms with van der Waals surface area (Å²) in [5.74, 6) is -5.75. The maximum atomic E-state index is 15.1. The molecule has 0 fully saturated rings. The Morgan fingerprint density at radius 2 is 2.10 bits per heavy atom. The highest BCUT2D eigenvalue weighted by atomic mass is 35.5. The molecule has 3 rings (SSSR count). The second-order valence-corrected chi connectivity index (χ2v) is 6.83. The first-order chi connectivity index (χ1) is 13.5. The Kier molecular flexibility index (Phi) is 5.63. The number of amidine groups is 1. The zero-order valence-electron chi connectivity index (χ0n) is 14.6. The summed E-state index contributed by atoms with van der Waals surface area (Å²) in [6.45, 7) is -0.603. The van der Waals surface area contributed by atoms with Crippen molar-refractivity contribution in [1.82, 2.24) is 10.3 Å². The molecule has 0 radical (unpaired) electrons. The average molecular weight is 437 g/mol. The van der Waals surface area contributed by atoms with Crippen LogP contribution < -0.4 is 11.1 Å². The van der Waals surface area contributed by atoms with Gasteiger partial charge in [0.2, 0.25) is 5.79 Å². The number of nitrogens with one attached hydrogen (secondary N) is 1. The number of pyridine rings is 1. The number of carbonyl (C=O) groups excluding carboxylic acids is 1. The third kappa shape index (κ3) is 4.56. The standard InChI is InChI=1S/C17H14ClF5N4O2/c18-11-3-8(17(21,22)23)5-25-14(11)15(28)26-9-1-2-12(19)10(4-9)16(20)7-29-6-13(24)27-16/h1-3,5,10H,4,6-7H2,(H2,24,27)(H,26,28)/t10?,16-/m0/s1. The topological polar surface area (TPSA) is 89.6 Å². The third-order valence-corrected chi connectivity index (χ3v) is 4.56. The first-order valence-electron chi connectivity index (χ1n) is 8.21. The van der Waals surface area contributed by atoms with Crippen LogP contribution in [0.25, 0.3) is 0 Å². The van der Waals surface area contributed by atoms with E-state index in [-0.39, 0.29) is 24.6 Å². The molecule has 1 unspecified atom stereocenters. The first kappa shape index (κ1) is 21.2. The number of amides is 1. The SMILES string of the molecule is NC1=N[C@](F)(C2CC(NC(=O)c3ncc(C(F)(F)F)cc3Cl)=CC=C2F)COC1. The summed E-state index contributed by atoms with van der Waals surface area (Å²) in [5, 5.41) is 1.83. The van der Waals surface area contributed by atoms with E-state index in [9.17, 15) is 22.4 Å². The second kappa shape index (κ2) is 7.71. The van der Waals surface area contributed by atoms with E-state index in [0.29, 0.717) is 12.3 Å². The van der Waals surface area contributed by atoms with Crippen molar-refractivity contribution in [1.29, 1.82) is 0 Å². The molecule has 1 aliphatic heterocycles. The number of carbonyl (C=O) groups is 1. The molecule has 0 aromatic carbocycles. The zero-order chi connectivity index (χ0) is 21.4. The lowest BCUT2D eigenvalue weighted by molar-refractivity contribution is -0.137. The molecule has 2 heterocycles. The largest absolute Gasteiger partial charge is 0.417 e. The minimum Gasteiger partial charge on any atom is -0.385 e. The first-order valence-corrected chi connectivity index (χ1v) is 8.58. The van der Waals surface area contributed by atoms with Gasteiger partial charge in [0.15, 0.2) is 0 Å². The number of ether oxygens (including phenoxy) is 1. The molecule has 6 nitrogen and oxygen atoms in total. The predicted octanol–water partition coefficient (Wildman–Crippen LogP) is 3.29. The lowest BCUT2D eigenvalue weighted by Crippen LogP contribution is -2.45. The van der Waals surface area contributed by atoms with Gasteiger partial charge in [-0.25, -0.2) is 18.8 Å². The van der Waals surface area contributed by atoms with Crippen LogP contribution in [0, 0.1) is 5.92 Å². The normalized spacial score (nSPS) is 25.0. The Labute approximate surface area is 166 Å². The summed E-state index contributed by atoms with van der Waals surface area (Å²) in [4.78, 5) is 19.4. The van der Waals surface area contributed by atoms with E-state index in [1.165, 1.54) is 6.08 Å². The van der Waals surface area contributed by atoms with Gasteiger partial charge in [-0.05, 0) is 18.2 Å². The average Bonchev–Trinajstić information content (AvgIpc) is 2.62. The minimum absolute atomic E-state index is 0.0821. The number of aliphatic imine (C=N–C) groups is 1. The fourth-order valence-electron chi connectivity index (χ4n) is 2.89. The fourth-order valence-corrected chi connectivity index (χ4v) is 3.14. The highest BCUT2D eigenvalue weighted by molar-refractivity contribution is 6.33. The molecule has 1 aliphatic carbocycles. The van der Waals surface area contributed by atoms with Crippen LogP contribution in [0.3, 0.4) is 0 Å². The highest BCUT2D eigenvalue weighted by Gasteiger charge is 2.45. The highest BCUT2D eigenvalue weighted by Crippen LogP contribution is 2.39. The fraction of sp³-hybridized carbons (Fsp3) is 0.353. The van der Waals surface area contributed by atoms with E-state index >= 15 is 4.39 Å². The van der Waals surface area contributed by atoms with Crippen molar-refractivity contribution in [3.63, 3.8) is 0 Å². The number of hydrogen-bond acceptors (Lipinski definition) is 5. The number of halogens is 6. The van der Waals surface area contributed by atoms with Crippen LogP contribution in [0.2, 0.25) is 5.02 Å². The van der Waals surface area contributed by atoms with Crippen LogP contribution in [0.1, 0.15) is 22.5 Å². The van der Waals surface area contributed by atoms with Crippen LogP contribution in [-0.2, 0) is 10.9 Å². The third-order valence-electron chi connectivity index (χ3n) is 4.28. The molecule has 1 aromatic heterocycles. The number of alkyl halides is 4.